The van der Waals surface area contributed by atoms with Crippen molar-refractivity contribution in [3.05, 3.63) is 28.2 Å². The molecule has 0 saturated heterocycles. The van der Waals surface area contributed by atoms with Crippen LogP contribution in [0.4, 0.5) is 5.69 Å². The molecule has 1 aromatic rings. The van der Waals surface area contributed by atoms with E-state index in [-0.39, 0.29) is 0 Å². The van der Waals surface area contributed by atoms with E-state index in [4.69, 9.17) is 0 Å². The van der Waals surface area contributed by atoms with E-state index in [0.717, 1.165) is 24.1 Å². The largest absolute Gasteiger partial charge is 0.373 e. The Hall–Kier alpha value is -0.580. The van der Waals surface area contributed by atoms with E-state index in [1.54, 1.807) is 0 Å². The first-order chi connectivity index (χ1) is 8.04. The highest BCUT2D eigenvalue weighted by Crippen LogP contribution is 2.24. The Balaban J connectivity index is 2.81. The summed E-state index contributed by atoms with van der Waals surface area (Å²) in [5, 5.41) is 3.21. The lowest BCUT2D eigenvalue weighted by Gasteiger charge is -2.24. The number of hydrogen-bond donors (Lipinski definition) is 1. The summed E-state index contributed by atoms with van der Waals surface area (Å²) >= 11 is 3.54. The Morgan fingerprint density at radius 2 is 1.88 bits per heavy atom. The lowest BCUT2D eigenvalue weighted by Crippen LogP contribution is -2.29. The van der Waals surface area contributed by atoms with Gasteiger partial charge in [0.2, 0.25) is 0 Å². The maximum Gasteiger partial charge on any atom is 0.0421 e. The van der Waals surface area contributed by atoms with Crippen LogP contribution < -0.4 is 10.2 Å². The monoisotopic (exact) mass is 299 g/mol. The van der Waals surface area contributed by atoms with Crippen LogP contribution in [-0.4, -0.2) is 46.2 Å². The van der Waals surface area contributed by atoms with Crippen molar-refractivity contribution in [3.63, 3.8) is 0 Å². The summed E-state index contributed by atoms with van der Waals surface area (Å²) < 4.78 is 1.13. The third-order valence-electron chi connectivity index (χ3n) is 2.71. The van der Waals surface area contributed by atoms with Crippen LogP contribution in [0.1, 0.15) is 5.56 Å². The Morgan fingerprint density at radius 3 is 2.47 bits per heavy atom. The van der Waals surface area contributed by atoms with E-state index in [0.29, 0.717) is 0 Å². The molecule has 0 atom stereocenters. The zero-order chi connectivity index (χ0) is 12.8. The molecule has 0 heterocycles. The summed E-state index contributed by atoms with van der Waals surface area (Å²) in [6, 6.07) is 6.44. The SMILES string of the molecule is CNCc1ccc(Br)cc1N(C)CCN(C)C. The van der Waals surface area contributed by atoms with Gasteiger partial charge >= 0.3 is 0 Å². The summed E-state index contributed by atoms with van der Waals surface area (Å²) in [6.07, 6.45) is 0. The van der Waals surface area contributed by atoms with Gasteiger partial charge in [0, 0.05) is 36.8 Å². The minimum absolute atomic E-state index is 0.898. The zero-order valence-electron chi connectivity index (χ0n) is 11.1. The first-order valence-electron chi connectivity index (χ1n) is 5.83. The predicted octanol–water partition coefficient (Wildman–Crippen LogP) is 2.17. The van der Waals surface area contributed by atoms with Crippen molar-refractivity contribution < 1.29 is 0 Å². The van der Waals surface area contributed by atoms with Gasteiger partial charge < -0.3 is 15.1 Å². The minimum Gasteiger partial charge on any atom is -0.373 e. The topological polar surface area (TPSA) is 18.5 Å². The molecule has 0 spiro atoms. The summed E-state index contributed by atoms with van der Waals surface area (Å²) in [7, 11) is 8.32. The first kappa shape index (κ1) is 14.5. The summed E-state index contributed by atoms with van der Waals surface area (Å²) in [5.74, 6) is 0. The van der Waals surface area contributed by atoms with E-state index in [1.807, 2.05) is 7.05 Å². The Labute approximate surface area is 113 Å². The smallest absolute Gasteiger partial charge is 0.0421 e. The third-order valence-corrected chi connectivity index (χ3v) is 3.20. The van der Waals surface area contributed by atoms with Crippen molar-refractivity contribution in [1.29, 1.82) is 0 Å². The van der Waals surface area contributed by atoms with E-state index >= 15 is 0 Å². The van der Waals surface area contributed by atoms with Gasteiger partial charge in [0.25, 0.3) is 0 Å². The van der Waals surface area contributed by atoms with Crippen LogP contribution in [0.25, 0.3) is 0 Å². The molecule has 0 amide bonds. The van der Waals surface area contributed by atoms with Gasteiger partial charge in [-0.1, -0.05) is 22.0 Å². The molecule has 17 heavy (non-hydrogen) atoms. The van der Waals surface area contributed by atoms with Crippen molar-refractivity contribution in [2.75, 3.05) is 46.2 Å². The number of anilines is 1. The predicted molar refractivity (Wildman–Crippen MR) is 78.7 cm³/mol. The molecule has 0 aliphatic carbocycles. The van der Waals surface area contributed by atoms with Crippen molar-refractivity contribution in [2.24, 2.45) is 0 Å². The van der Waals surface area contributed by atoms with Gasteiger partial charge in [-0.3, -0.25) is 0 Å². The number of likely N-dealkylation sites (N-methyl/N-ethyl adjacent to an activating group) is 2. The molecule has 1 rings (SSSR count). The molecule has 0 aliphatic heterocycles. The number of benzene rings is 1. The van der Waals surface area contributed by atoms with E-state index in [1.165, 1.54) is 11.3 Å². The summed E-state index contributed by atoms with van der Waals surface area (Å²) in [4.78, 5) is 4.50. The molecular weight excluding hydrogens is 278 g/mol. The van der Waals surface area contributed by atoms with Crippen LogP contribution in [0.3, 0.4) is 0 Å². The van der Waals surface area contributed by atoms with Gasteiger partial charge in [-0.15, -0.1) is 0 Å². The van der Waals surface area contributed by atoms with E-state index in [9.17, 15) is 0 Å². The molecule has 0 bridgehead atoms. The highest BCUT2D eigenvalue weighted by atomic mass is 79.9. The average Bonchev–Trinajstić information content (AvgIpc) is 2.28. The number of rotatable bonds is 6. The van der Waals surface area contributed by atoms with Crippen LogP contribution >= 0.6 is 15.9 Å². The van der Waals surface area contributed by atoms with Crippen LogP contribution in [0.15, 0.2) is 22.7 Å². The zero-order valence-corrected chi connectivity index (χ0v) is 12.7. The van der Waals surface area contributed by atoms with Crippen LogP contribution in [0.2, 0.25) is 0 Å². The third kappa shape index (κ3) is 4.66. The van der Waals surface area contributed by atoms with Crippen LogP contribution in [-0.2, 0) is 6.54 Å². The molecule has 1 aromatic carbocycles. The lowest BCUT2D eigenvalue weighted by atomic mass is 10.1. The average molecular weight is 300 g/mol. The fraction of sp³-hybridized carbons (Fsp3) is 0.538. The highest BCUT2D eigenvalue weighted by Gasteiger charge is 2.07. The molecule has 0 fully saturated rings. The fourth-order valence-electron chi connectivity index (χ4n) is 1.70. The second-order valence-electron chi connectivity index (χ2n) is 4.53. The van der Waals surface area contributed by atoms with Gasteiger partial charge in [0.1, 0.15) is 0 Å². The van der Waals surface area contributed by atoms with Gasteiger partial charge in [-0.2, -0.15) is 0 Å². The molecule has 0 aromatic heterocycles. The van der Waals surface area contributed by atoms with Gasteiger partial charge in [0.05, 0.1) is 0 Å². The lowest BCUT2D eigenvalue weighted by molar-refractivity contribution is 0.416. The van der Waals surface area contributed by atoms with Crippen molar-refractivity contribution in [3.8, 4) is 0 Å². The van der Waals surface area contributed by atoms with Crippen LogP contribution in [0.5, 0.6) is 0 Å². The van der Waals surface area contributed by atoms with Crippen molar-refractivity contribution in [2.45, 2.75) is 6.54 Å². The van der Waals surface area contributed by atoms with Gasteiger partial charge in [0.15, 0.2) is 0 Å². The second-order valence-corrected chi connectivity index (χ2v) is 5.44. The molecule has 0 aliphatic rings. The van der Waals surface area contributed by atoms with Gasteiger partial charge in [-0.25, -0.2) is 0 Å². The minimum atomic E-state index is 0.898. The van der Waals surface area contributed by atoms with Crippen molar-refractivity contribution in [1.82, 2.24) is 10.2 Å². The van der Waals surface area contributed by atoms with Gasteiger partial charge in [-0.05, 0) is 38.8 Å². The number of nitrogens with zero attached hydrogens (tertiary/aromatic N) is 2. The second kappa shape index (κ2) is 6.99. The highest BCUT2D eigenvalue weighted by molar-refractivity contribution is 9.10. The molecule has 4 heteroatoms. The standard InChI is InChI=1S/C13H22BrN3/c1-15-10-11-5-6-12(14)9-13(11)17(4)8-7-16(2)3/h5-6,9,15H,7-8,10H2,1-4H3. The molecule has 3 nitrogen and oxygen atoms in total. The van der Waals surface area contributed by atoms with Crippen molar-refractivity contribution >= 4 is 21.6 Å². The molecular formula is C13H22BrN3. The molecule has 96 valence electrons. The van der Waals surface area contributed by atoms with E-state index < -0.39 is 0 Å². The molecule has 1 N–H and O–H groups in total. The summed E-state index contributed by atoms with van der Waals surface area (Å²) in [5.41, 5.74) is 2.62. The first-order valence-corrected chi connectivity index (χ1v) is 6.62. The summed E-state index contributed by atoms with van der Waals surface area (Å²) in [6.45, 7) is 2.98. The maximum absolute atomic E-state index is 3.54. The number of hydrogen-bond acceptors (Lipinski definition) is 3. The maximum atomic E-state index is 3.54. The molecule has 0 unspecified atom stereocenters. The Bertz CT molecular complexity index is 353. The Kier molecular flexibility index (Phi) is 5.95. The quantitative estimate of drug-likeness (QED) is 0.868. The Morgan fingerprint density at radius 1 is 1.18 bits per heavy atom. The molecule has 0 radical (unpaired) electrons. The fourth-order valence-corrected chi connectivity index (χ4v) is 2.05. The van der Waals surface area contributed by atoms with Crippen LogP contribution in [0, 0.1) is 0 Å². The number of nitrogens with one attached hydrogen (secondary N) is 1. The number of halogens is 1. The normalized spacial score (nSPS) is 10.9. The molecule has 0 saturated carbocycles. The van der Waals surface area contributed by atoms with E-state index in [2.05, 4.69) is 70.4 Å².